The van der Waals surface area contributed by atoms with E-state index >= 15 is 0 Å². The van der Waals surface area contributed by atoms with Crippen molar-refractivity contribution in [2.75, 3.05) is 10.6 Å². The first-order valence-electron chi connectivity index (χ1n) is 8.25. The predicted molar refractivity (Wildman–Crippen MR) is 96.5 cm³/mol. The molecule has 0 aliphatic heterocycles. The van der Waals surface area contributed by atoms with Gasteiger partial charge in [-0.1, -0.05) is 54.0 Å². The zero-order chi connectivity index (χ0) is 17.7. The zero-order valence-corrected chi connectivity index (χ0v) is 15.2. The van der Waals surface area contributed by atoms with Crippen molar-refractivity contribution in [1.82, 2.24) is 0 Å². The van der Waals surface area contributed by atoms with Crippen molar-refractivity contribution in [1.29, 1.82) is 0 Å². The fourth-order valence-corrected chi connectivity index (χ4v) is 2.40. The van der Waals surface area contributed by atoms with Crippen LogP contribution in [0.2, 0.25) is 0 Å². The van der Waals surface area contributed by atoms with Gasteiger partial charge in [-0.05, 0) is 30.0 Å². The third kappa shape index (κ3) is 6.85. The highest BCUT2D eigenvalue weighted by atomic mass is 16.2. The van der Waals surface area contributed by atoms with E-state index in [0.717, 1.165) is 12.8 Å². The fourth-order valence-electron chi connectivity index (χ4n) is 2.40. The molecule has 0 bridgehead atoms. The summed E-state index contributed by atoms with van der Waals surface area (Å²) in [5.41, 5.74) is 0.943. The number of carbonyl (C=O) groups excluding carboxylic acids is 2. The van der Waals surface area contributed by atoms with Crippen LogP contribution in [-0.4, -0.2) is 11.8 Å². The molecule has 0 saturated carbocycles. The molecule has 4 nitrogen and oxygen atoms in total. The van der Waals surface area contributed by atoms with Crippen LogP contribution >= 0.6 is 0 Å². The van der Waals surface area contributed by atoms with Gasteiger partial charge in [0.15, 0.2) is 0 Å². The van der Waals surface area contributed by atoms with Gasteiger partial charge in [0.05, 0.1) is 0 Å². The Bertz CT molecular complexity index is 557. The SMILES string of the molecule is CCCC(C)(C)C(=O)Nc1cccc(NC(=O)CC(C)(C)C)c1. The Morgan fingerprint density at radius 3 is 2.09 bits per heavy atom. The van der Waals surface area contributed by atoms with Gasteiger partial charge in [-0.2, -0.15) is 0 Å². The summed E-state index contributed by atoms with van der Waals surface area (Å²) in [5.74, 6) is -0.0233. The fraction of sp³-hybridized carbons (Fsp3) is 0.579. The van der Waals surface area contributed by atoms with Crippen molar-refractivity contribution in [3.8, 4) is 0 Å². The zero-order valence-electron chi connectivity index (χ0n) is 15.2. The first-order chi connectivity index (χ1) is 10.5. The van der Waals surface area contributed by atoms with E-state index in [1.807, 2.05) is 52.8 Å². The van der Waals surface area contributed by atoms with E-state index < -0.39 is 5.41 Å². The molecule has 0 aliphatic carbocycles. The summed E-state index contributed by atoms with van der Waals surface area (Å²) in [7, 11) is 0. The predicted octanol–water partition coefficient (Wildman–Crippen LogP) is 4.83. The van der Waals surface area contributed by atoms with Gasteiger partial charge in [-0.3, -0.25) is 9.59 Å². The third-order valence-electron chi connectivity index (χ3n) is 3.58. The number of carbonyl (C=O) groups is 2. The van der Waals surface area contributed by atoms with Crippen LogP contribution in [-0.2, 0) is 9.59 Å². The maximum atomic E-state index is 12.3. The lowest BCUT2D eigenvalue weighted by Gasteiger charge is -2.23. The van der Waals surface area contributed by atoms with E-state index in [-0.39, 0.29) is 17.2 Å². The highest BCUT2D eigenvalue weighted by Gasteiger charge is 2.26. The van der Waals surface area contributed by atoms with Crippen molar-refractivity contribution >= 4 is 23.2 Å². The lowest BCUT2D eigenvalue weighted by atomic mass is 9.87. The van der Waals surface area contributed by atoms with E-state index in [9.17, 15) is 9.59 Å². The van der Waals surface area contributed by atoms with Gasteiger partial charge in [-0.15, -0.1) is 0 Å². The average Bonchev–Trinajstić information content (AvgIpc) is 2.36. The Kier molecular flexibility index (Phi) is 6.37. The summed E-state index contributed by atoms with van der Waals surface area (Å²) in [6, 6.07) is 7.28. The Morgan fingerprint density at radius 1 is 1.00 bits per heavy atom. The third-order valence-corrected chi connectivity index (χ3v) is 3.58. The molecule has 0 aliphatic rings. The van der Waals surface area contributed by atoms with Crippen LogP contribution in [0, 0.1) is 10.8 Å². The number of rotatable bonds is 6. The molecular formula is C19H30N2O2. The van der Waals surface area contributed by atoms with Gasteiger partial charge in [-0.25, -0.2) is 0 Å². The number of hydrogen-bond acceptors (Lipinski definition) is 2. The number of hydrogen-bond donors (Lipinski definition) is 2. The number of nitrogens with one attached hydrogen (secondary N) is 2. The standard InChI is InChI=1S/C19H30N2O2/c1-7-11-19(5,6)17(23)21-15-10-8-9-14(12-15)20-16(22)13-18(2,3)4/h8-10,12H,7,11,13H2,1-6H3,(H,20,22)(H,21,23). The maximum absolute atomic E-state index is 12.3. The van der Waals surface area contributed by atoms with E-state index in [1.165, 1.54) is 0 Å². The normalized spacial score (nSPS) is 11.9. The van der Waals surface area contributed by atoms with E-state index in [4.69, 9.17) is 0 Å². The first kappa shape index (κ1) is 19.2. The molecule has 0 radical (unpaired) electrons. The molecule has 0 saturated heterocycles. The quantitative estimate of drug-likeness (QED) is 0.789. The Hall–Kier alpha value is -1.84. The summed E-state index contributed by atoms with van der Waals surface area (Å²) < 4.78 is 0. The van der Waals surface area contributed by atoms with Crippen LogP contribution in [0.5, 0.6) is 0 Å². The van der Waals surface area contributed by atoms with Crippen LogP contribution in [0.1, 0.15) is 60.8 Å². The molecule has 1 aromatic carbocycles. The minimum Gasteiger partial charge on any atom is -0.326 e. The Balaban J connectivity index is 2.74. The molecule has 23 heavy (non-hydrogen) atoms. The van der Waals surface area contributed by atoms with Crippen molar-refractivity contribution in [3.05, 3.63) is 24.3 Å². The van der Waals surface area contributed by atoms with Crippen molar-refractivity contribution in [2.45, 2.75) is 60.8 Å². The molecule has 2 N–H and O–H groups in total. The maximum Gasteiger partial charge on any atom is 0.230 e. The van der Waals surface area contributed by atoms with Gasteiger partial charge in [0.2, 0.25) is 11.8 Å². The van der Waals surface area contributed by atoms with Crippen molar-refractivity contribution in [3.63, 3.8) is 0 Å². The van der Waals surface area contributed by atoms with Gasteiger partial charge < -0.3 is 10.6 Å². The molecule has 0 unspecified atom stereocenters. The minimum absolute atomic E-state index is 0.00230. The second-order valence-electron chi connectivity index (χ2n) is 7.95. The molecule has 4 heteroatoms. The molecule has 0 heterocycles. The van der Waals surface area contributed by atoms with Gasteiger partial charge in [0, 0.05) is 23.2 Å². The molecular weight excluding hydrogens is 288 g/mol. The lowest BCUT2D eigenvalue weighted by molar-refractivity contribution is -0.124. The number of amides is 2. The Labute approximate surface area is 140 Å². The first-order valence-corrected chi connectivity index (χ1v) is 8.25. The van der Waals surface area contributed by atoms with Gasteiger partial charge >= 0.3 is 0 Å². The second-order valence-corrected chi connectivity index (χ2v) is 7.95. The van der Waals surface area contributed by atoms with Gasteiger partial charge in [0.1, 0.15) is 0 Å². The average molecular weight is 318 g/mol. The van der Waals surface area contributed by atoms with E-state index in [0.29, 0.717) is 17.8 Å². The topological polar surface area (TPSA) is 58.2 Å². The molecule has 1 aromatic rings. The highest BCUT2D eigenvalue weighted by molar-refractivity contribution is 5.96. The van der Waals surface area contributed by atoms with Crippen molar-refractivity contribution < 1.29 is 9.59 Å². The molecule has 2 amide bonds. The van der Waals surface area contributed by atoms with E-state index in [1.54, 1.807) is 6.07 Å². The van der Waals surface area contributed by atoms with Crippen LogP contribution < -0.4 is 10.6 Å². The minimum atomic E-state index is -0.403. The molecule has 1 rings (SSSR count). The summed E-state index contributed by atoms with van der Waals surface area (Å²) >= 11 is 0. The molecule has 0 aromatic heterocycles. The van der Waals surface area contributed by atoms with Crippen LogP contribution in [0.3, 0.4) is 0 Å². The summed E-state index contributed by atoms with van der Waals surface area (Å²) in [6.07, 6.45) is 2.25. The van der Waals surface area contributed by atoms with E-state index in [2.05, 4.69) is 17.6 Å². The summed E-state index contributed by atoms with van der Waals surface area (Å²) in [4.78, 5) is 24.4. The smallest absolute Gasteiger partial charge is 0.230 e. The monoisotopic (exact) mass is 318 g/mol. The van der Waals surface area contributed by atoms with Crippen LogP contribution in [0.25, 0.3) is 0 Å². The highest BCUT2D eigenvalue weighted by Crippen LogP contribution is 2.25. The second kappa shape index (κ2) is 7.62. The van der Waals surface area contributed by atoms with Gasteiger partial charge in [0.25, 0.3) is 0 Å². The number of anilines is 2. The summed E-state index contributed by atoms with van der Waals surface area (Å²) in [5, 5.41) is 5.82. The van der Waals surface area contributed by atoms with Crippen LogP contribution in [0.15, 0.2) is 24.3 Å². The largest absolute Gasteiger partial charge is 0.326 e. The van der Waals surface area contributed by atoms with Crippen molar-refractivity contribution in [2.24, 2.45) is 10.8 Å². The molecule has 0 spiro atoms. The molecule has 0 atom stereocenters. The lowest BCUT2D eigenvalue weighted by Crippen LogP contribution is -2.30. The molecule has 128 valence electrons. The molecule has 0 fully saturated rings. The Morgan fingerprint density at radius 2 is 1.57 bits per heavy atom. The van der Waals surface area contributed by atoms with Crippen LogP contribution in [0.4, 0.5) is 11.4 Å². The number of benzene rings is 1. The summed E-state index contributed by atoms with van der Waals surface area (Å²) in [6.45, 7) is 12.0.